The summed E-state index contributed by atoms with van der Waals surface area (Å²) in [4.78, 5) is 33.9. The summed E-state index contributed by atoms with van der Waals surface area (Å²) < 4.78 is 15.0. The molecule has 1 fully saturated rings. The van der Waals surface area contributed by atoms with Gasteiger partial charge < -0.3 is 19.3 Å². The van der Waals surface area contributed by atoms with Gasteiger partial charge in [-0.05, 0) is 43.0 Å². The van der Waals surface area contributed by atoms with Crippen LogP contribution in [-0.2, 0) is 27.3 Å². The average Bonchev–Trinajstić information content (AvgIpc) is 3.37. The molecule has 0 aliphatic carbocycles. The van der Waals surface area contributed by atoms with E-state index in [0.717, 1.165) is 16.9 Å². The molecule has 0 radical (unpaired) electrons. The van der Waals surface area contributed by atoms with E-state index in [1.54, 1.807) is 7.11 Å². The first-order valence-corrected chi connectivity index (χ1v) is 13.0. The van der Waals surface area contributed by atoms with Gasteiger partial charge in [0.05, 0.1) is 26.2 Å². The maximum atomic E-state index is 13.3. The topological polar surface area (TPSA) is 84.9 Å². The summed E-state index contributed by atoms with van der Waals surface area (Å²) >= 11 is 1.31. The zero-order valence-corrected chi connectivity index (χ0v) is 21.6. The minimum absolute atomic E-state index is 0.0257. The maximum absolute atomic E-state index is 13.3. The van der Waals surface area contributed by atoms with Crippen LogP contribution < -0.4 is 9.64 Å². The number of hydrogen-bond acceptors (Lipinski definition) is 8. The van der Waals surface area contributed by atoms with Crippen molar-refractivity contribution in [1.29, 1.82) is 0 Å². The third kappa shape index (κ3) is 6.81. The number of anilines is 1. The molecule has 0 bridgehead atoms. The molecule has 8 nitrogen and oxygen atoms in total. The fourth-order valence-corrected chi connectivity index (χ4v) is 4.98. The van der Waals surface area contributed by atoms with Crippen LogP contribution in [-0.4, -0.2) is 59.5 Å². The Morgan fingerprint density at radius 3 is 2.56 bits per heavy atom. The Hall–Kier alpha value is -3.46. The van der Waals surface area contributed by atoms with E-state index in [1.807, 2.05) is 71.3 Å². The fourth-order valence-electron chi connectivity index (χ4n) is 4.29. The SMILES string of the molecule is CCOC(=O)C1CCN(C(=O)CN(Cc2ccccc2)c2nc(Cc3cccc(OC)c3)ns2)CC1. The van der Waals surface area contributed by atoms with E-state index in [-0.39, 0.29) is 24.3 Å². The van der Waals surface area contributed by atoms with Gasteiger partial charge in [0.15, 0.2) is 0 Å². The third-order valence-electron chi connectivity index (χ3n) is 6.23. The number of likely N-dealkylation sites (tertiary alicyclic amines) is 1. The number of benzene rings is 2. The van der Waals surface area contributed by atoms with E-state index < -0.39 is 0 Å². The van der Waals surface area contributed by atoms with Gasteiger partial charge in [0.2, 0.25) is 11.0 Å². The molecule has 2 heterocycles. The molecule has 1 amide bonds. The Morgan fingerprint density at radius 1 is 1.08 bits per heavy atom. The maximum Gasteiger partial charge on any atom is 0.309 e. The molecule has 0 N–H and O–H groups in total. The molecule has 0 atom stereocenters. The van der Waals surface area contributed by atoms with E-state index >= 15 is 0 Å². The largest absolute Gasteiger partial charge is 0.497 e. The molecule has 3 aromatic rings. The standard InChI is InChI=1S/C27H32N4O4S/c1-3-35-26(33)22-12-14-30(15-13-22)25(32)19-31(18-20-8-5-4-6-9-20)27-28-24(29-36-27)17-21-10-7-11-23(16-21)34-2/h4-11,16,22H,3,12-15,17-19H2,1-2H3. The van der Waals surface area contributed by atoms with Crippen LogP contribution in [0.15, 0.2) is 54.6 Å². The Kier molecular flexibility index (Phi) is 8.89. The molecular formula is C27H32N4O4S. The van der Waals surface area contributed by atoms with Crippen LogP contribution in [0.2, 0.25) is 0 Å². The van der Waals surface area contributed by atoms with Crippen molar-refractivity contribution < 1.29 is 19.1 Å². The second-order valence-corrected chi connectivity index (χ2v) is 9.50. The summed E-state index contributed by atoms with van der Waals surface area (Å²) in [5.41, 5.74) is 2.16. The molecule has 4 rings (SSSR count). The highest BCUT2D eigenvalue weighted by Gasteiger charge is 2.29. The monoisotopic (exact) mass is 508 g/mol. The molecule has 0 unspecified atom stereocenters. The van der Waals surface area contributed by atoms with Gasteiger partial charge in [0.1, 0.15) is 11.6 Å². The third-order valence-corrected chi connectivity index (χ3v) is 7.05. The lowest BCUT2D eigenvalue weighted by Gasteiger charge is -2.32. The van der Waals surface area contributed by atoms with Gasteiger partial charge in [0, 0.05) is 37.6 Å². The summed E-state index contributed by atoms with van der Waals surface area (Å²) in [6.07, 6.45) is 1.85. The molecule has 0 spiro atoms. The van der Waals surface area contributed by atoms with Gasteiger partial charge in [-0.2, -0.15) is 4.37 Å². The van der Waals surface area contributed by atoms with Crippen molar-refractivity contribution in [3.05, 3.63) is 71.5 Å². The Labute approximate surface area is 216 Å². The number of amides is 1. The Morgan fingerprint density at radius 2 is 1.83 bits per heavy atom. The first-order chi connectivity index (χ1) is 17.6. The van der Waals surface area contributed by atoms with Crippen molar-refractivity contribution in [1.82, 2.24) is 14.3 Å². The number of carbonyl (C=O) groups excluding carboxylic acids is 2. The summed E-state index contributed by atoms with van der Waals surface area (Å²) in [5.74, 6) is 1.25. The highest BCUT2D eigenvalue weighted by atomic mass is 32.1. The average molecular weight is 509 g/mol. The molecular weight excluding hydrogens is 476 g/mol. The van der Waals surface area contributed by atoms with E-state index in [2.05, 4.69) is 4.37 Å². The Balaban J connectivity index is 1.44. The number of ether oxygens (including phenoxy) is 2. The number of nitrogens with zero attached hydrogens (tertiary/aromatic N) is 4. The zero-order valence-electron chi connectivity index (χ0n) is 20.8. The van der Waals surface area contributed by atoms with Gasteiger partial charge in [-0.1, -0.05) is 42.5 Å². The second-order valence-electron chi connectivity index (χ2n) is 8.77. The smallest absolute Gasteiger partial charge is 0.309 e. The van der Waals surface area contributed by atoms with Crippen molar-refractivity contribution in [3.8, 4) is 5.75 Å². The molecule has 2 aromatic carbocycles. The van der Waals surface area contributed by atoms with Crippen LogP contribution in [0.1, 0.15) is 36.7 Å². The molecule has 190 valence electrons. The van der Waals surface area contributed by atoms with Crippen LogP contribution in [0, 0.1) is 5.92 Å². The highest BCUT2D eigenvalue weighted by molar-refractivity contribution is 7.09. The van der Waals surface area contributed by atoms with E-state index in [0.29, 0.717) is 56.5 Å². The summed E-state index contributed by atoms with van der Waals surface area (Å²) in [5, 5.41) is 0.714. The first-order valence-electron chi connectivity index (χ1n) is 12.2. The number of esters is 1. The Bertz CT molecular complexity index is 1150. The summed E-state index contributed by atoms with van der Waals surface area (Å²) in [7, 11) is 1.65. The van der Waals surface area contributed by atoms with Gasteiger partial charge in [-0.15, -0.1) is 0 Å². The van der Waals surface area contributed by atoms with Crippen molar-refractivity contribution in [2.75, 3.05) is 38.3 Å². The lowest BCUT2D eigenvalue weighted by Crippen LogP contribution is -2.45. The number of hydrogen-bond donors (Lipinski definition) is 0. The molecule has 1 aliphatic rings. The van der Waals surface area contributed by atoms with E-state index in [9.17, 15) is 9.59 Å². The van der Waals surface area contributed by atoms with Crippen molar-refractivity contribution in [2.24, 2.45) is 5.92 Å². The van der Waals surface area contributed by atoms with Crippen molar-refractivity contribution in [3.63, 3.8) is 0 Å². The van der Waals surface area contributed by atoms with Crippen LogP contribution in [0.25, 0.3) is 0 Å². The predicted octanol–water partition coefficient (Wildman–Crippen LogP) is 3.95. The molecule has 36 heavy (non-hydrogen) atoms. The highest BCUT2D eigenvalue weighted by Crippen LogP contribution is 2.24. The van der Waals surface area contributed by atoms with E-state index in [4.69, 9.17) is 14.5 Å². The fraction of sp³-hybridized carbons (Fsp3) is 0.407. The quantitative estimate of drug-likeness (QED) is 0.384. The van der Waals surface area contributed by atoms with Crippen molar-refractivity contribution >= 4 is 28.5 Å². The molecule has 1 aromatic heterocycles. The summed E-state index contributed by atoms with van der Waals surface area (Å²) in [6.45, 7) is 4.06. The van der Waals surface area contributed by atoms with Crippen LogP contribution >= 0.6 is 11.5 Å². The predicted molar refractivity (Wildman–Crippen MR) is 139 cm³/mol. The van der Waals surface area contributed by atoms with Gasteiger partial charge in [-0.25, -0.2) is 4.98 Å². The minimum atomic E-state index is -0.160. The van der Waals surface area contributed by atoms with Gasteiger partial charge >= 0.3 is 5.97 Å². The number of aromatic nitrogens is 2. The second kappa shape index (κ2) is 12.5. The lowest BCUT2D eigenvalue weighted by molar-refractivity contribution is -0.151. The van der Waals surface area contributed by atoms with Gasteiger partial charge in [-0.3, -0.25) is 9.59 Å². The first kappa shape index (κ1) is 25.6. The summed E-state index contributed by atoms with van der Waals surface area (Å²) in [6, 6.07) is 17.9. The van der Waals surface area contributed by atoms with Crippen LogP contribution in [0.3, 0.4) is 0 Å². The normalized spacial score (nSPS) is 13.9. The zero-order chi connectivity index (χ0) is 25.3. The lowest BCUT2D eigenvalue weighted by atomic mass is 9.97. The number of piperidine rings is 1. The van der Waals surface area contributed by atoms with Crippen LogP contribution in [0.5, 0.6) is 5.75 Å². The number of rotatable bonds is 10. The molecule has 0 saturated carbocycles. The minimum Gasteiger partial charge on any atom is -0.497 e. The number of methoxy groups -OCH3 is 1. The number of carbonyl (C=O) groups is 2. The van der Waals surface area contributed by atoms with Crippen LogP contribution in [0.4, 0.5) is 5.13 Å². The molecule has 9 heteroatoms. The van der Waals surface area contributed by atoms with Gasteiger partial charge in [0.25, 0.3) is 0 Å². The van der Waals surface area contributed by atoms with Crippen molar-refractivity contribution in [2.45, 2.75) is 32.7 Å². The van der Waals surface area contributed by atoms with E-state index in [1.165, 1.54) is 11.5 Å². The molecule has 1 aliphatic heterocycles. The molecule has 1 saturated heterocycles.